The topological polar surface area (TPSA) is 12.9 Å². The molecule has 1 heteroatoms. The van der Waals surface area contributed by atoms with Gasteiger partial charge in [0.1, 0.15) is 0 Å². The fraction of sp³-hybridized carbons (Fsp3) is 0.400. The van der Waals surface area contributed by atoms with Crippen LogP contribution in [-0.4, -0.2) is 4.98 Å². The maximum Gasteiger partial charge on any atom is 0.0342 e. The van der Waals surface area contributed by atoms with E-state index in [1.54, 1.807) is 0 Å². The molecule has 1 heterocycles. The highest BCUT2D eigenvalue weighted by Gasteiger charge is 1.89. The predicted octanol–water partition coefficient (Wildman–Crippen LogP) is 5.03. The maximum absolute atomic E-state index is 4.05. The standard InChI is InChI=1S/C11H13N.2C2H6/c1-3-4-5-6-11-9-12-8-7-10(11)2;2*1-2/h3-9H,1-2H3;2*1-2H3/b4-3-,6-5-;;. The summed E-state index contributed by atoms with van der Waals surface area (Å²) in [5.41, 5.74) is 2.43. The van der Waals surface area contributed by atoms with Gasteiger partial charge in [-0.1, -0.05) is 52.0 Å². The average Bonchev–Trinajstić information content (AvgIpc) is 2.37. The van der Waals surface area contributed by atoms with E-state index < -0.39 is 0 Å². The van der Waals surface area contributed by atoms with Crippen molar-refractivity contribution in [2.24, 2.45) is 0 Å². The summed E-state index contributed by atoms with van der Waals surface area (Å²) in [5, 5.41) is 0. The Kier molecular flexibility index (Phi) is 14.5. The van der Waals surface area contributed by atoms with E-state index in [0.717, 1.165) is 0 Å². The first-order chi connectivity index (χ1) is 7.84. The highest BCUT2D eigenvalue weighted by atomic mass is 14.6. The van der Waals surface area contributed by atoms with E-state index in [4.69, 9.17) is 0 Å². The molecular weight excluding hydrogens is 194 g/mol. The van der Waals surface area contributed by atoms with Gasteiger partial charge in [0.2, 0.25) is 0 Å². The number of aryl methyl sites for hydroxylation is 1. The van der Waals surface area contributed by atoms with Crippen LogP contribution in [0.5, 0.6) is 0 Å². The lowest BCUT2D eigenvalue weighted by molar-refractivity contribution is 1.27. The van der Waals surface area contributed by atoms with Gasteiger partial charge in [0.15, 0.2) is 0 Å². The van der Waals surface area contributed by atoms with Crippen LogP contribution in [0.25, 0.3) is 6.08 Å². The second-order valence-corrected chi connectivity index (χ2v) is 2.62. The van der Waals surface area contributed by atoms with Gasteiger partial charge in [-0.15, -0.1) is 0 Å². The number of aromatic nitrogens is 1. The zero-order chi connectivity index (χ0) is 12.8. The molecule has 0 amide bonds. The van der Waals surface area contributed by atoms with E-state index >= 15 is 0 Å². The first kappa shape index (κ1) is 17.0. The summed E-state index contributed by atoms with van der Waals surface area (Å²) < 4.78 is 0. The maximum atomic E-state index is 4.05. The molecule has 0 aromatic carbocycles. The fourth-order valence-corrected chi connectivity index (χ4v) is 0.921. The minimum atomic E-state index is 1.18. The summed E-state index contributed by atoms with van der Waals surface area (Å²) in [6.45, 7) is 12.1. The van der Waals surface area contributed by atoms with Crippen molar-refractivity contribution < 1.29 is 0 Å². The lowest BCUT2D eigenvalue weighted by atomic mass is 10.1. The Balaban J connectivity index is 0. The van der Waals surface area contributed by atoms with E-state index in [1.165, 1.54) is 11.1 Å². The molecule has 1 aromatic heterocycles. The van der Waals surface area contributed by atoms with Gasteiger partial charge in [0.25, 0.3) is 0 Å². The molecule has 0 saturated heterocycles. The molecule has 0 fully saturated rings. The van der Waals surface area contributed by atoms with E-state index in [9.17, 15) is 0 Å². The first-order valence-corrected chi connectivity index (χ1v) is 6.04. The Bertz CT molecular complexity index is 298. The summed E-state index contributed by atoms with van der Waals surface area (Å²) >= 11 is 0. The molecule has 0 radical (unpaired) electrons. The molecule has 0 aliphatic heterocycles. The van der Waals surface area contributed by atoms with Crippen molar-refractivity contribution in [3.05, 3.63) is 47.8 Å². The third kappa shape index (κ3) is 7.98. The van der Waals surface area contributed by atoms with Crippen molar-refractivity contribution in [1.29, 1.82) is 0 Å². The van der Waals surface area contributed by atoms with Crippen LogP contribution in [0.3, 0.4) is 0 Å². The van der Waals surface area contributed by atoms with Crippen LogP contribution >= 0.6 is 0 Å². The van der Waals surface area contributed by atoms with Crippen molar-refractivity contribution in [1.82, 2.24) is 4.98 Å². The van der Waals surface area contributed by atoms with E-state index in [2.05, 4.69) is 18.0 Å². The van der Waals surface area contributed by atoms with Gasteiger partial charge in [-0.3, -0.25) is 4.98 Å². The second kappa shape index (κ2) is 13.6. The largest absolute Gasteiger partial charge is 0.264 e. The number of nitrogens with zero attached hydrogens (tertiary/aromatic N) is 1. The zero-order valence-electron chi connectivity index (χ0n) is 11.5. The van der Waals surface area contributed by atoms with Crippen molar-refractivity contribution in [2.45, 2.75) is 41.5 Å². The van der Waals surface area contributed by atoms with E-state index in [0.29, 0.717) is 0 Å². The number of rotatable bonds is 2. The minimum absolute atomic E-state index is 1.18. The molecule has 0 saturated carbocycles. The molecule has 1 rings (SSSR count). The highest BCUT2D eigenvalue weighted by molar-refractivity contribution is 5.53. The van der Waals surface area contributed by atoms with Crippen LogP contribution in [0.2, 0.25) is 0 Å². The molecule has 0 N–H and O–H groups in total. The lowest BCUT2D eigenvalue weighted by Crippen LogP contribution is -1.80. The normalized spacial score (nSPS) is 9.38. The number of allylic oxidation sites excluding steroid dienone is 3. The number of pyridine rings is 1. The van der Waals surface area contributed by atoms with Gasteiger partial charge in [0.05, 0.1) is 0 Å². The van der Waals surface area contributed by atoms with Gasteiger partial charge >= 0.3 is 0 Å². The van der Waals surface area contributed by atoms with Gasteiger partial charge in [-0.25, -0.2) is 0 Å². The molecule has 0 aliphatic rings. The molecule has 1 aromatic rings. The molecule has 1 nitrogen and oxygen atoms in total. The summed E-state index contributed by atoms with van der Waals surface area (Å²) in [6.07, 6.45) is 11.8. The Labute approximate surface area is 101 Å². The van der Waals surface area contributed by atoms with Crippen LogP contribution < -0.4 is 0 Å². The van der Waals surface area contributed by atoms with Crippen molar-refractivity contribution in [3.8, 4) is 0 Å². The van der Waals surface area contributed by atoms with Crippen LogP contribution in [0, 0.1) is 6.92 Å². The quantitative estimate of drug-likeness (QED) is 0.636. The second-order valence-electron chi connectivity index (χ2n) is 2.62. The summed E-state index contributed by atoms with van der Waals surface area (Å²) in [6, 6.07) is 2.01. The molecule has 0 bridgehead atoms. The molecule has 0 spiro atoms. The average molecular weight is 219 g/mol. The van der Waals surface area contributed by atoms with Gasteiger partial charge in [0, 0.05) is 12.4 Å². The lowest BCUT2D eigenvalue weighted by Gasteiger charge is -1.95. The molecule has 0 unspecified atom stereocenters. The molecule has 90 valence electrons. The smallest absolute Gasteiger partial charge is 0.0342 e. The zero-order valence-corrected chi connectivity index (χ0v) is 11.5. The highest BCUT2D eigenvalue weighted by Crippen LogP contribution is 2.06. The summed E-state index contributed by atoms with van der Waals surface area (Å²) in [7, 11) is 0. The molecule has 0 aliphatic carbocycles. The SMILES string of the molecule is C/C=C\C=C/c1cnccc1C.CC.CC. The molecular formula is C15H25N. The Morgan fingerprint density at radius 2 is 1.69 bits per heavy atom. The predicted molar refractivity (Wildman–Crippen MR) is 75.5 cm³/mol. The van der Waals surface area contributed by atoms with E-state index in [-0.39, 0.29) is 0 Å². The van der Waals surface area contributed by atoms with Gasteiger partial charge < -0.3 is 0 Å². The van der Waals surface area contributed by atoms with Crippen molar-refractivity contribution >= 4 is 6.08 Å². The van der Waals surface area contributed by atoms with E-state index in [1.807, 2.05) is 71.3 Å². The van der Waals surface area contributed by atoms with Gasteiger partial charge in [-0.2, -0.15) is 0 Å². The number of hydrogen-bond donors (Lipinski definition) is 0. The third-order valence-electron chi connectivity index (χ3n) is 1.66. The Morgan fingerprint density at radius 3 is 2.19 bits per heavy atom. The van der Waals surface area contributed by atoms with Crippen LogP contribution in [0.4, 0.5) is 0 Å². The van der Waals surface area contributed by atoms with Crippen molar-refractivity contribution in [3.63, 3.8) is 0 Å². The molecule has 0 atom stereocenters. The third-order valence-corrected chi connectivity index (χ3v) is 1.66. The number of hydrogen-bond acceptors (Lipinski definition) is 1. The fourth-order valence-electron chi connectivity index (χ4n) is 0.921. The van der Waals surface area contributed by atoms with Crippen LogP contribution in [0.1, 0.15) is 45.7 Å². The summed E-state index contributed by atoms with van der Waals surface area (Å²) in [5.74, 6) is 0. The van der Waals surface area contributed by atoms with Gasteiger partial charge in [-0.05, 0) is 31.0 Å². The van der Waals surface area contributed by atoms with Crippen LogP contribution in [-0.2, 0) is 0 Å². The first-order valence-electron chi connectivity index (χ1n) is 6.04. The van der Waals surface area contributed by atoms with Crippen molar-refractivity contribution in [2.75, 3.05) is 0 Å². The Morgan fingerprint density at radius 1 is 1.06 bits per heavy atom. The monoisotopic (exact) mass is 219 g/mol. The minimum Gasteiger partial charge on any atom is -0.264 e. The molecule has 16 heavy (non-hydrogen) atoms. The Hall–Kier alpha value is -1.37. The van der Waals surface area contributed by atoms with Crippen LogP contribution in [0.15, 0.2) is 36.7 Å². The summed E-state index contributed by atoms with van der Waals surface area (Å²) in [4.78, 5) is 4.05.